The average Bonchev–Trinajstić information content (AvgIpc) is 3.20. The Morgan fingerprint density at radius 1 is 1.10 bits per heavy atom. The highest BCUT2D eigenvalue weighted by molar-refractivity contribution is 7.89. The van der Waals surface area contributed by atoms with Crippen molar-refractivity contribution < 1.29 is 22.7 Å². The van der Waals surface area contributed by atoms with Crippen LogP contribution in [0.2, 0.25) is 0 Å². The van der Waals surface area contributed by atoms with Crippen molar-refractivity contribution in [2.45, 2.75) is 23.9 Å². The topological polar surface area (TPSA) is 117 Å². The number of benzene rings is 2. The number of tetrazole rings is 1. The van der Waals surface area contributed by atoms with Crippen molar-refractivity contribution in [2.24, 2.45) is 7.05 Å². The smallest absolute Gasteiger partial charge is 0.324 e. The number of carbonyl (C=O) groups excluding carboxylic acids is 1. The van der Waals surface area contributed by atoms with Gasteiger partial charge in [-0.05, 0) is 40.3 Å². The summed E-state index contributed by atoms with van der Waals surface area (Å²) in [4.78, 5) is 12.8. The van der Waals surface area contributed by atoms with Crippen LogP contribution in [0.4, 0.5) is 0 Å². The van der Waals surface area contributed by atoms with Crippen molar-refractivity contribution in [2.75, 3.05) is 14.2 Å². The van der Waals surface area contributed by atoms with Gasteiger partial charge >= 0.3 is 5.97 Å². The van der Waals surface area contributed by atoms with Crippen molar-refractivity contribution >= 4 is 16.0 Å². The molecule has 10 nitrogen and oxygen atoms in total. The molecule has 31 heavy (non-hydrogen) atoms. The molecule has 0 radical (unpaired) electrons. The number of hydrogen-bond donors (Lipinski definition) is 0. The van der Waals surface area contributed by atoms with Gasteiger partial charge in [-0.25, -0.2) is 13.1 Å². The van der Waals surface area contributed by atoms with Crippen LogP contribution in [-0.4, -0.2) is 59.2 Å². The van der Waals surface area contributed by atoms with Gasteiger partial charge in [0, 0.05) is 20.0 Å². The normalized spacial score (nSPS) is 12.5. The molecule has 1 aromatic heterocycles. The van der Waals surface area contributed by atoms with E-state index in [4.69, 9.17) is 9.47 Å². The van der Waals surface area contributed by atoms with Gasteiger partial charge in [0.15, 0.2) is 5.82 Å². The predicted molar refractivity (Wildman–Crippen MR) is 110 cm³/mol. The second kappa shape index (κ2) is 9.67. The number of aromatic nitrogens is 4. The first-order valence-electron chi connectivity index (χ1n) is 9.35. The van der Waals surface area contributed by atoms with E-state index in [0.29, 0.717) is 17.1 Å². The number of nitrogens with zero attached hydrogens (tertiary/aromatic N) is 5. The molecule has 0 saturated carbocycles. The molecule has 1 heterocycles. The summed E-state index contributed by atoms with van der Waals surface area (Å²) in [5, 5.41) is 11.2. The first-order chi connectivity index (χ1) is 14.9. The van der Waals surface area contributed by atoms with Crippen LogP contribution in [0.3, 0.4) is 0 Å². The number of aryl methyl sites for hydroxylation is 1. The van der Waals surface area contributed by atoms with Gasteiger partial charge < -0.3 is 9.47 Å². The third kappa shape index (κ3) is 5.06. The molecule has 3 rings (SSSR count). The molecular weight excluding hydrogens is 422 g/mol. The summed E-state index contributed by atoms with van der Waals surface area (Å²) < 4.78 is 39.8. The van der Waals surface area contributed by atoms with Gasteiger partial charge in [0.25, 0.3) is 0 Å². The summed E-state index contributed by atoms with van der Waals surface area (Å²) in [6.07, 6.45) is -0.0572. The van der Waals surface area contributed by atoms with Crippen LogP contribution in [0.5, 0.6) is 5.75 Å². The number of sulfonamides is 1. The van der Waals surface area contributed by atoms with Crippen LogP contribution in [0.15, 0.2) is 59.5 Å². The summed E-state index contributed by atoms with van der Waals surface area (Å²) in [6.45, 7) is -0.0414. The van der Waals surface area contributed by atoms with Crippen LogP contribution >= 0.6 is 0 Å². The third-order valence-electron chi connectivity index (χ3n) is 4.75. The molecule has 164 valence electrons. The molecule has 0 N–H and O–H groups in total. The second-order valence-corrected chi connectivity index (χ2v) is 8.56. The van der Waals surface area contributed by atoms with E-state index in [9.17, 15) is 13.2 Å². The maximum atomic E-state index is 13.6. The fourth-order valence-electron chi connectivity index (χ4n) is 3.04. The molecule has 0 spiro atoms. The van der Waals surface area contributed by atoms with E-state index in [2.05, 4.69) is 15.5 Å². The molecule has 0 bridgehead atoms. The molecular formula is C20H23N5O5S. The van der Waals surface area contributed by atoms with E-state index < -0.39 is 22.0 Å². The fraction of sp³-hybridized carbons (Fsp3) is 0.300. The Bertz CT molecular complexity index is 1120. The highest BCUT2D eigenvalue weighted by atomic mass is 32.2. The second-order valence-electron chi connectivity index (χ2n) is 6.67. The standard InChI is InChI=1S/C20H23N5O5S/c1-24-19(21-22-23-24)13-18(20(26)30-3)25(14-15-7-5-4-6-8-15)31(27,28)17-11-9-16(29-2)10-12-17/h4-12,18H,13-14H2,1-3H3. The van der Waals surface area contributed by atoms with Gasteiger partial charge in [0.1, 0.15) is 11.8 Å². The molecule has 0 fully saturated rings. The largest absolute Gasteiger partial charge is 0.497 e. The summed E-state index contributed by atoms with van der Waals surface area (Å²) in [6, 6.07) is 13.8. The maximum absolute atomic E-state index is 13.6. The van der Waals surface area contributed by atoms with Crippen LogP contribution in [0.25, 0.3) is 0 Å². The zero-order chi connectivity index (χ0) is 22.4. The van der Waals surface area contributed by atoms with E-state index in [0.717, 1.165) is 4.31 Å². The first-order valence-corrected chi connectivity index (χ1v) is 10.8. The van der Waals surface area contributed by atoms with E-state index in [-0.39, 0.29) is 17.9 Å². The third-order valence-corrected chi connectivity index (χ3v) is 6.62. The highest BCUT2D eigenvalue weighted by Gasteiger charge is 2.38. The minimum Gasteiger partial charge on any atom is -0.497 e. The first kappa shape index (κ1) is 22.4. The van der Waals surface area contributed by atoms with E-state index >= 15 is 0 Å². The van der Waals surface area contributed by atoms with Crippen molar-refractivity contribution in [3.05, 3.63) is 66.0 Å². The zero-order valence-electron chi connectivity index (χ0n) is 17.4. The van der Waals surface area contributed by atoms with Crippen LogP contribution in [-0.2, 0) is 39.6 Å². The fourth-order valence-corrected chi connectivity index (χ4v) is 4.61. The molecule has 0 aliphatic carbocycles. The zero-order valence-corrected chi connectivity index (χ0v) is 18.2. The minimum absolute atomic E-state index is 0.0224. The highest BCUT2D eigenvalue weighted by Crippen LogP contribution is 2.25. The summed E-state index contributed by atoms with van der Waals surface area (Å²) in [5.74, 6) is 0.151. The predicted octanol–water partition coefficient (Wildman–Crippen LogP) is 1.19. The van der Waals surface area contributed by atoms with Gasteiger partial charge in [0.05, 0.1) is 19.1 Å². The Labute approximate surface area is 180 Å². The Balaban J connectivity index is 2.07. The molecule has 0 aliphatic heterocycles. The van der Waals surface area contributed by atoms with Gasteiger partial charge in [-0.15, -0.1) is 5.10 Å². The van der Waals surface area contributed by atoms with Gasteiger partial charge in [-0.2, -0.15) is 4.31 Å². The monoisotopic (exact) mass is 445 g/mol. The quantitative estimate of drug-likeness (QED) is 0.451. The number of hydrogen-bond acceptors (Lipinski definition) is 8. The number of ether oxygens (including phenoxy) is 2. The minimum atomic E-state index is -4.10. The Morgan fingerprint density at radius 3 is 2.32 bits per heavy atom. The lowest BCUT2D eigenvalue weighted by Crippen LogP contribution is -2.46. The molecule has 3 aromatic rings. The van der Waals surface area contributed by atoms with E-state index in [1.165, 1.54) is 31.0 Å². The van der Waals surface area contributed by atoms with E-state index in [1.54, 1.807) is 43.4 Å². The maximum Gasteiger partial charge on any atom is 0.324 e. The average molecular weight is 446 g/mol. The number of rotatable bonds is 9. The lowest BCUT2D eigenvalue weighted by atomic mass is 10.1. The van der Waals surface area contributed by atoms with Gasteiger partial charge in [-0.1, -0.05) is 30.3 Å². The Kier molecular flexibility index (Phi) is 6.98. The van der Waals surface area contributed by atoms with Gasteiger partial charge in [0.2, 0.25) is 10.0 Å². The lowest BCUT2D eigenvalue weighted by Gasteiger charge is -2.29. The SMILES string of the molecule is COC(=O)C(Cc1nnnn1C)N(Cc1ccccc1)S(=O)(=O)c1ccc(OC)cc1. The molecule has 0 aliphatic rings. The molecule has 2 aromatic carbocycles. The van der Waals surface area contributed by atoms with Crippen LogP contribution < -0.4 is 4.74 Å². The van der Waals surface area contributed by atoms with Crippen molar-refractivity contribution in [1.82, 2.24) is 24.5 Å². The number of methoxy groups -OCH3 is 2. The lowest BCUT2D eigenvalue weighted by molar-refractivity contribution is -0.145. The van der Waals surface area contributed by atoms with Crippen LogP contribution in [0.1, 0.15) is 11.4 Å². The molecule has 0 amide bonds. The number of esters is 1. The molecule has 0 saturated heterocycles. The summed E-state index contributed by atoms with van der Waals surface area (Å²) in [5.41, 5.74) is 0.713. The number of carbonyl (C=O) groups is 1. The van der Waals surface area contributed by atoms with Gasteiger partial charge in [-0.3, -0.25) is 4.79 Å². The molecule has 11 heteroatoms. The summed E-state index contributed by atoms with van der Waals surface area (Å²) >= 11 is 0. The van der Waals surface area contributed by atoms with Crippen molar-refractivity contribution in [1.29, 1.82) is 0 Å². The van der Waals surface area contributed by atoms with E-state index in [1.807, 2.05) is 6.07 Å². The van der Waals surface area contributed by atoms with Crippen LogP contribution in [0, 0.1) is 0 Å². The summed E-state index contributed by atoms with van der Waals surface area (Å²) in [7, 11) is 0.225. The Hall–Kier alpha value is -3.31. The molecule has 1 unspecified atom stereocenters. The molecule has 1 atom stereocenters. The van der Waals surface area contributed by atoms with Crippen molar-refractivity contribution in [3.8, 4) is 5.75 Å². The van der Waals surface area contributed by atoms with Crippen molar-refractivity contribution in [3.63, 3.8) is 0 Å². The Morgan fingerprint density at radius 2 is 1.77 bits per heavy atom.